The van der Waals surface area contributed by atoms with Gasteiger partial charge in [0.25, 0.3) is 11.8 Å². The number of hydrogen-bond donors (Lipinski definition) is 2. The Morgan fingerprint density at radius 3 is 2.56 bits per heavy atom. The van der Waals surface area contributed by atoms with Gasteiger partial charge in [0, 0.05) is 12.1 Å². The van der Waals surface area contributed by atoms with Gasteiger partial charge in [-0.2, -0.15) is 0 Å². The van der Waals surface area contributed by atoms with Crippen LogP contribution in [-0.4, -0.2) is 25.5 Å². The highest BCUT2D eigenvalue weighted by Gasteiger charge is 2.14. The number of carbonyl (C=O) groups is 2. The van der Waals surface area contributed by atoms with Crippen molar-refractivity contribution >= 4 is 33.4 Å². The van der Waals surface area contributed by atoms with Crippen LogP contribution in [0.2, 0.25) is 0 Å². The molecule has 132 valence electrons. The van der Waals surface area contributed by atoms with E-state index in [1.807, 2.05) is 0 Å². The van der Waals surface area contributed by atoms with Crippen LogP contribution in [0.1, 0.15) is 40.5 Å². The third-order valence-corrected chi connectivity index (χ3v) is 4.27. The Balaban J connectivity index is 2.15. The topological polar surface area (TPSA) is 67.4 Å². The number of ether oxygens (including phenoxy) is 1. The third kappa shape index (κ3) is 5.06. The van der Waals surface area contributed by atoms with E-state index in [1.54, 1.807) is 49.6 Å². The van der Waals surface area contributed by atoms with Crippen LogP contribution in [-0.2, 0) is 0 Å². The maximum absolute atomic E-state index is 12.5. The Hall–Kier alpha value is -2.34. The third-order valence-electron chi connectivity index (χ3n) is 3.65. The highest BCUT2D eigenvalue weighted by Crippen LogP contribution is 2.26. The molecule has 0 aromatic heterocycles. The number of unbranched alkanes of at least 4 members (excludes halogenated alkanes) is 1. The fourth-order valence-electron chi connectivity index (χ4n) is 2.27. The molecule has 0 saturated carbocycles. The van der Waals surface area contributed by atoms with E-state index in [0.29, 0.717) is 33.6 Å². The van der Waals surface area contributed by atoms with Crippen molar-refractivity contribution in [3.8, 4) is 5.75 Å². The van der Waals surface area contributed by atoms with E-state index in [0.717, 1.165) is 12.8 Å². The van der Waals surface area contributed by atoms with Crippen LogP contribution < -0.4 is 15.4 Å². The second-order valence-electron chi connectivity index (χ2n) is 5.46. The summed E-state index contributed by atoms with van der Waals surface area (Å²) in [6.07, 6.45) is 1.92. The van der Waals surface area contributed by atoms with Gasteiger partial charge in [0.05, 0.1) is 22.8 Å². The summed E-state index contributed by atoms with van der Waals surface area (Å²) in [4.78, 5) is 24.8. The van der Waals surface area contributed by atoms with Crippen molar-refractivity contribution in [2.75, 3.05) is 19.0 Å². The largest absolute Gasteiger partial charge is 0.496 e. The normalized spacial score (nSPS) is 10.2. The lowest BCUT2D eigenvalue weighted by atomic mass is 10.1. The van der Waals surface area contributed by atoms with Crippen molar-refractivity contribution in [1.82, 2.24) is 5.32 Å². The van der Waals surface area contributed by atoms with E-state index in [1.165, 1.54) is 0 Å². The van der Waals surface area contributed by atoms with Gasteiger partial charge < -0.3 is 15.4 Å². The smallest absolute Gasteiger partial charge is 0.255 e. The van der Waals surface area contributed by atoms with Crippen LogP contribution in [0, 0.1) is 0 Å². The first kappa shape index (κ1) is 19.0. The lowest BCUT2D eigenvalue weighted by Crippen LogP contribution is -2.26. The summed E-state index contributed by atoms with van der Waals surface area (Å²) in [5.74, 6) is 0.157. The number of para-hydroxylation sites is 1. The number of nitrogens with one attached hydrogen (secondary N) is 2. The van der Waals surface area contributed by atoms with Crippen LogP contribution in [0.3, 0.4) is 0 Å². The molecular weight excluding hydrogens is 384 g/mol. The molecule has 2 aromatic rings. The standard InChI is InChI=1S/C19H21BrN2O3/c1-3-4-11-21-19(24)14-7-5-6-8-16(14)22-18(23)13-9-10-17(25-2)15(20)12-13/h5-10,12H,3-4,11H2,1-2H3,(H,21,24)(H,22,23). The minimum atomic E-state index is -0.294. The number of benzene rings is 2. The molecule has 0 bridgehead atoms. The number of carbonyl (C=O) groups excluding carboxylic acids is 2. The number of hydrogen-bond acceptors (Lipinski definition) is 3. The van der Waals surface area contributed by atoms with Gasteiger partial charge >= 0.3 is 0 Å². The number of halogens is 1. The van der Waals surface area contributed by atoms with Gasteiger partial charge in [-0.15, -0.1) is 0 Å². The zero-order valence-corrected chi connectivity index (χ0v) is 15.9. The molecule has 0 aliphatic rings. The van der Waals surface area contributed by atoms with Gasteiger partial charge in [-0.05, 0) is 52.7 Å². The Morgan fingerprint density at radius 2 is 1.88 bits per heavy atom. The fourth-order valence-corrected chi connectivity index (χ4v) is 2.81. The molecule has 2 amide bonds. The molecule has 0 aliphatic heterocycles. The molecule has 0 aliphatic carbocycles. The van der Waals surface area contributed by atoms with Crippen LogP contribution in [0.25, 0.3) is 0 Å². The molecule has 0 saturated heterocycles. The molecule has 0 spiro atoms. The number of amides is 2. The molecule has 0 fully saturated rings. The predicted molar refractivity (Wildman–Crippen MR) is 102 cm³/mol. The molecule has 0 unspecified atom stereocenters. The first-order valence-electron chi connectivity index (χ1n) is 8.09. The molecule has 5 nitrogen and oxygen atoms in total. The van der Waals surface area contributed by atoms with Gasteiger partial charge in [0.15, 0.2) is 0 Å². The minimum Gasteiger partial charge on any atom is -0.496 e. The van der Waals surface area contributed by atoms with Gasteiger partial charge in [-0.3, -0.25) is 9.59 Å². The maximum atomic E-state index is 12.5. The van der Waals surface area contributed by atoms with E-state index >= 15 is 0 Å². The second-order valence-corrected chi connectivity index (χ2v) is 6.31. The Bertz CT molecular complexity index is 762. The van der Waals surface area contributed by atoms with Gasteiger partial charge in [-0.25, -0.2) is 0 Å². The molecule has 0 radical (unpaired) electrons. The molecular formula is C19H21BrN2O3. The van der Waals surface area contributed by atoms with E-state index in [4.69, 9.17) is 4.74 Å². The lowest BCUT2D eigenvalue weighted by Gasteiger charge is -2.12. The Labute approximate surface area is 155 Å². The molecule has 0 heterocycles. The monoisotopic (exact) mass is 404 g/mol. The minimum absolute atomic E-state index is 0.194. The predicted octanol–water partition coefficient (Wildman–Crippen LogP) is 4.24. The molecule has 0 atom stereocenters. The van der Waals surface area contributed by atoms with Crippen molar-refractivity contribution in [3.05, 3.63) is 58.1 Å². The number of methoxy groups -OCH3 is 1. The molecule has 25 heavy (non-hydrogen) atoms. The average molecular weight is 405 g/mol. The highest BCUT2D eigenvalue weighted by atomic mass is 79.9. The second kappa shape index (κ2) is 9.22. The van der Waals surface area contributed by atoms with Crippen molar-refractivity contribution in [2.45, 2.75) is 19.8 Å². The van der Waals surface area contributed by atoms with Crippen LogP contribution >= 0.6 is 15.9 Å². The van der Waals surface area contributed by atoms with Gasteiger partial charge in [-0.1, -0.05) is 25.5 Å². The molecule has 2 N–H and O–H groups in total. The van der Waals surface area contributed by atoms with Crippen LogP contribution in [0.15, 0.2) is 46.9 Å². The zero-order chi connectivity index (χ0) is 18.2. The summed E-state index contributed by atoms with van der Waals surface area (Å²) in [7, 11) is 1.56. The highest BCUT2D eigenvalue weighted by molar-refractivity contribution is 9.10. The van der Waals surface area contributed by atoms with E-state index in [9.17, 15) is 9.59 Å². The van der Waals surface area contributed by atoms with Crippen molar-refractivity contribution in [2.24, 2.45) is 0 Å². The lowest BCUT2D eigenvalue weighted by molar-refractivity contribution is 0.0954. The average Bonchev–Trinajstić information content (AvgIpc) is 2.62. The summed E-state index contributed by atoms with van der Waals surface area (Å²) in [6, 6.07) is 12.0. The van der Waals surface area contributed by atoms with Gasteiger partial charge in [0.2, 0.25) is 0 Å². The summed E-state index contributed by atoms with van der Waals surface area (Å²) < 4.78 is 5.85. The van der Waals surface area contributed by atoms with Crippen molar-refractivity contribution in [3.63, 3.8) is 0 Å². The summed E-state index contributed by atoms with van der Waals surface area (Å²) in [5.41, 5.74) is 1.39. The summed E-state index contributed by atoms with van der Waals surface area (Å²) in [5, 5.41) is 5.66. The SMILES string of the molecule is CCCCNC(=O)c1ccccc1NC(=O)c1ccc(OC)c(Br)c1. The summed E-state index contributed by atoms with van der Waals surface area (Å²) in [6.45, 7) is 2.68. The Morgan fingerprint density at radius 1 is 1.12 bits per heavy atom. The fraction of sp³-hybridized carbons (Fsp3) is 0.263. The molecule has 2 aromatic carbocycles. The Kier molecular flexibility index (Phi) is 7.01. The van der Waals surface area contributed by atoms with E-state index < -0.39 is 0 Å². The maximum Gasteiger partial charge on any atom is 0.255 e. The van der Waals surface area contributed by atoms with Gasteiger partial charge in [0.1, 0.15) is 5.75 Å². The zero-order valence-electron chi connectivity index (χ0n) is 14.3. The molecule has 2 rings (SSSR count). The number of rotatable bonds is 7. The first-order chi connectivity index (χ1) is 12.1. The van der Waals surface area contributed by atoms with Crippen molar-refractivity contribution in [1.29, 1.82) is 0 Å². The van der Waals surface area contributed by atoms with Crippen molar-refractivity contribution < 1.29 is 14.3 Å². The quantitative estimate of drug-likeness (QED) is 0.678. The van der Waals surface area contributed by atoms with E-state index in [2.05, 4.69) is 33.5 Å². The molecule has 6 heteroatoms. The summed E-state index contributed by atoms with van der Waals surface area (Å²) >= 11 is 3.36. The number of anilines is 1. The first-order valence-corrected chi connectivity index (χ1v) is 8.88. The van der Waals surface area contributed by atoms with Crippen LogP contribution in [0.4, 0.5) is 5.69 Å². The van der Waals surface area contributed by atoms with E-state index in [-0.39, 0.29) is 11.8 Å². The van der Waals surface area contributed by atoms with Crippen LogP contribution in [0.5, 0.6) is 5.75 Å².